The van der Waals surface area contributed by atoms with Crippen molar-refractivity contribution in [3.63, 3.8) is 0 Å². The summed E-state index contributed by atoms with van der Waals surface area (Å²) < 4.78 is 25.9. The van der Waals surface area contributed by atoms with Gasteiger partial charge in [-0.15, -0.1) is 11.3 Å². The van der Waals surface area contributed by atoms with Crippen molar-refractivity contribution in [2.24, 2.45) is 5.73 Å². The number of aryl methyl sites for hydroxylation is 1. The van der Waals surface area contributed by atoms with Gasteiger partial charge < -0.3 is 11.1 Å². The Bertz CT molecular complexity index is 1090. The molecule has 0 aliphatic rings. The van der Waals surface area contributed by atoms with Gasteiger partial charge in [0.05, 0.1) is 10.6 Å². The molecule has 0 unspecified atom stereocenters. The van der Waals surface area contributed by atoms with Crippen LogP contribution in [0.15, 0.2) is 12.3 Å². The number of anilines is 1. The topological polar surface area (TPSA) is 157 Å². The fraction of sp³-hybridized carbons (Fsp3) is 0.143. The van der Waals surface area contributed by atoms with Crippen LogP contribution in [0.4, 0.5) is 20.2 Å². The molecule has 13 heteroatoms. The Hall–Kier alpha value is -3.48. The van der Waals surface area contributed by atoms with Gasteiger partial charge in [-0.05, 0) is 18.6 Å². The molecule has 0 saturated heterocycles. The van der Waals surface area contributed by atoms with Gasteiger partial charge >= 0.3 is 5.69 Å². The van der Waals surface area contributed by atoms with Crippen LogP contribution in [-0.4, -0.2) is 31.9 Å². The molecule has 0 aromatic carbocycles. The molecule has 0 aliphatic heterocycles. The second kappa shape index (κ2) is 6.68. The molecule has 0 atom stereocenters. The number of nitrogens with zero attached hydrogens (tertiary/aromatic N) is 3. The maximum absolute atomic E-state index is 13.0. The SMILES string of the molecule is Cc1cc(C(F)F)nc2sc(C(N)=O)c(NC(=O)c3[nH]ncc3[N+](=O)[O-])c12. The summed E-state index contributed by atoms with van der Waals surface area (Å²) in [6, 6.07) is 1.12. The number of aromatic amines is 1. The van der Waals surface area contributed by atoms with Crippen molar-refractivity contribution in [3.05, 3.63) is 44.2 Å². The van der Waals surface area contributed by atoms with E-state index in [2.05, 4.69) is 20.5 Å². The highest BCUT2D eigenvalue weighted by Gasteiger charge is 2.27. The third-order valence-electron chi connectivity index (χ3n) is 3.61. The Labute approximate surface area is 152 Å². The Morgan fingerprint density at radius 3 is 2.74 bits per heavy atom. The molecule has 4 N–H and O–H groups in total. The number of carbonyl (C=O) groups excluding carboxylic acids is 2. The average Bonchev–Trinajstić information content (AvgIpc) is 3.19. The summed E-state index contributed by atoms with van der Waals surface area (Å²) in [5, 5.41) is 19.2. The molecule has 0 fully saturated rings. The first-order valence-corrected chi connectivity index (χ1v) is 8.03. The molecule has 0 bridgehead atoms. The monoisotopic (exact) mass is 396 g/mol. The van der Waals surface area contributed by atoms with Crippen LogP contribution in [0, 0.1) is 17.0 Å². The molecule has 140 valence electrons. The van der Waals surface area contributed by atoms with E-state index >= 15 is 0 Å². The summed E-state index contributed by atoms with van der Waals surface area (Å²) in [7, 11) is 0. The van der Waals surface area contributed by atoms with Crippen LogP contribution in [0.25, 0.3) is 10.2 Å². The number of carbonyl (C=O) groups is 2. The Morgan fingerprint density at radius 2 is 2.15 bits per heavy atom. The number of pyridine rings is 1. The Balaban J connectivity index is 2.14. The van der Waals surface area contributed by atoms with Gasteiger partial charge in [0, 0.05) is 5.39 Å². The number of primary amides is 1. The standard InChI is InChI=1S/C14H10F2N6O4S/c1-4-2-5(11(15)16)19-14-7(4)9(10(27-14)12(17)23)20-13(24)8-6(22(25)26)3-18-21-8/h2-3,11H,1H3,(H2,17,23)(H,18,21)(H,20,24). The minimum Gasteiger partial charge on any atom is -0.365 e. The van der Waals surface area contributed by atoms with Gasteiger partial charge in [-0.2, -0.15) is 5.10 Å². The van der Waals surface area contributed by atoms with E-state index in [4.69, 9.17) is 5.73 Å². The van der Waals surface area contributed by atoms with E-state index in [1.807, 2.05) is 0 Å². The number of amides is 2. The number of aromatic nitrogens is 3. The number of halogens is 2. The number of hydrogen-bond acceptors (Lipinski definition) is 7. The number of nitrogens with one attached hydrogen (secondary N) is 2. The van der Waals surface area contributed by atoms with Crippen LogP contribution in [0.3, 0.4) is 0 Å². The molecule has 10 nitrogen and oxygen atoms in total. The van der Waals surface area contributed by atoms with Gasteiger partial charge in [0.25, 0.3) is 18.2 Å². The number of hydrogen-bond donors (Lipinski definition) is 3. The molecule has 27 heavy (non-hydrogen) atoms. The first-order chi connectivity index (χ1) is 12.7. The minimum atomic E-state index is -2.82. The molecule has 0 spiro atoms. The Kier molecular flexibility index (Phi) is 4.53. The highest BCUT2D eigenvalue weighted by molar-refractivity contribution is 7.21. The molecule has 2 amide bonds. The van der Waals surface area contributed by atoms with Crippen LogP contribution >= 0.6 is 11.3 Å². The largest absolute Gasteiger partial charge is 0.365 e. The predicted molar refractivity (Wildman–Crippen MR) is 91.0 cm³/mol. The van der Waals surface area contributed by atoms with Gasteiger partial charge in [-0.25, -0.2) is 13.8 Å². The maximum Gasteiger partial charge on any atom is 0.319 e. The summed E-state index contributed by atoms with van der Waals surface area (Å²) in [4.78, 5) is 38.1. The van der Waals surface area contributed by atoms with Crippen molar-refractivity contribution in [3.8, 4) is 0 Å². The van der Waals surface area contributed by atoms with E-state index in [0.717, 1.165) is 23.6 Å². The van der Waals surface area contributed by atoms with Crippen LogP contribution in [0.5, 0.6) is 0 Å². The summed E-state index contributed by atoms with van der Waals surface area (Å²) in [5.74, 6) is -1.86. The van der Waals surface area contributed by atoms with Crippen LogP contribution in [0.2, 0.25) is 0 Å². The second-order valence-electron chi connectivity index (χ2n) is 5.36. The molecule has 3 rings (SSSR count). The lowest BCUT2D eigenvalue weighted by Crippen LogP contribution is -2.18. The third kappa shape index (κ3) is 3.19. The fourth-order valence-electron chi connectivity index (χ4n) is 2.47. The third-order valence-corrected chi connectivity index (χ3v) is 4.71. The summed E-state index contributed by atoms with van der Waals surface area (Å²) in [6.07, 6.45) is -1.96. The molecule has 3 aromatic rings. The van der Waals surface area contributed by atoms with Crippen molar-refractivity contribution in [2.75, 3.05) is 5.32 Å². The highest BCUT2D eigenvalue weighted by Crippen LogP contribution is 2.38. The first-order valence-electron chi connectivity index (χ1n) is 7.21. The maximum atomic E-state index is 13.0. The lowest BCUT2D eigenvalue weighted by Gasteiger charge is -2.07. The Morgan fingerprint density at radius 1 is 1.44 bits per heavy atom. The number of H-pyrrole nitrogens is 1. The van der Waals surface area contributed by atoms with E-state index in [0.29, 0.717) is 5.56 Å². The zero-order valence-corrected chi connectivity index (χ0v) is 14.3. The molecular formula is C14H10F2N6O4S. The van der Waals surface area contributed by atoms with Gasteiger partial charge in [0.1, 0.15) is 21.6 Å². The van der Waals surface area contributed by atoms with E-state index in [9.17, 15) is 28.5 Å². The molecule has 3 heterocycles. The number of nitrogens with two attached hydrogens (primary N) is 1. The van der Waals surface area contributed by atoms with E-state index in [1.165, 1.54) is 6.92 Å². The van der Waals surface area contributed by atoms with Crippen molar-refractivity contribution in [1.82, 2.24) is 15.2 Å². The highest BCUT2D eigenvalue weighted by atomic mass is 32.1. The van der Waals surface area contributed by atoms with E-state index < -0.39 is 40.2 Å². The number of alkyl halides is 2. The van der Waals surface area contributed by atoms with E-state index in [1.54, 1.807) is 0 Å². The van der Waals surface area contributed by atoms with Crippen molar-refractivity contribution >= 4 is 44.7 Å². The average molecular weight is 396 g/mol. The number of fused-ring (bicyclic) bond motifs is 1. The smallest absolute Gasteiger partial charge is 0.319 e. The van der Waals surface area contributed by atoms with Crippen LogP contribution in [-0.2, 0) is 0 Å². The second-order valence-corrected chi connectivity index (χ2v) is 6.36. The molecular weight excluding hydrogens is 386 g/mol. The van der Waals surface area contributed by atoms with Crippen molar-refractivity contribution < 1.29 is 23.3 Å². The van der Waals surface area contributed by atoms with Gasteiger partial charge in [-0.3, -0.25) is 24.8 Å². The minimum absolute atomic E-state index is 0.0535. The van der Waals surface area contributed by atoms with E-state index in [-0.39, 0.29) is 20.8 Å². The zero-order chi connectivity index (χ0) is 19.9. The summed E-state index contributed by atoms with van der Waals surface area (Å²) >= 11 is 0.734. The fourth-order valence-corrected chi connectivity index (χ4v) is 3.54. The molecule has 0 saturated carbocycles. The van der Waals surface area contributed by atoms with Gasteiger partial charge in [-0.1, -0.05) is 0 Å². The molecule has 0 radical (unpaired) electrons. The van der Waals surface area contributed by atoms with Crippen LogP contribution in [0.1, 0.15) is 37.8 Å². The lowest BCUT2D eigenvalue weighted by molar-refractivity contribution is -0.385. The lowest BCUT2D eigenvalue weighted by atomic mass is 10.1. The predicted octanol–water partition coefficient (Wildman–Crippen LogP) is 2.52. The molecule has 3 aromatic heterocycles. The van der Waals surface area contributed by atoms with Gasteiger partial charge in [0.2, 0.25) is 5.69 Å². The summed E-state index contributed by atoms with van der Waals surface area (Å²) in [5.41, 5.74) is 4.09. The number of nitro groups is 1. The molecule has 0 aliphatic carbocycles. The van der Waals surface area contributed by atoms with Crippen molar-refractivity contribution in [1.29, 1.82) is 0 Å². The number of rotatable bonds is 5. The number of thiophene rings is 1. The first kappa shape index (κ1) is 18.3. The zero-order valence-electron chi connectivity index (χ0n) is 13.4. The normalized spacial score (nSPS) is 11.1. The van der Waals surface area contributed by atoms with Crippen LogP contribution < -0.4 is 11.1 Å². The summed E-state index contributed by atoms with van der Waals surface area (Å²) in [6.45, 7) is 1.50. The quantitative estimate of drug-likeness (QED) is 0.444. The van der Waals surface area contributed by atoms with Crippen molar-refractivity contribution in [2.45, 2.75) is 13.3 Å². The van der Waals surface area contributed by atoms with Gasteiger partial charge in [0.15, 0.2) is 0 Å².